The van der Waals surface area contributed by atoms with Crippen molar-refractivity contribution in [3.63, 3.8) is 0 Å². The molecule has 0 radical (unpaired) electrons. The summed E-state index contributed by atoms with van der Waals surface area (Å²) in [4.78, 5) is 13.6. The number of hydrogen-bond donors (Lipinski definition) is 1. The SMILES string of the molecule is O=CNCc1ccnc(OCC(F)(F)F)c1.[CH2-]C[As](C)CCC(F)(F)F.[Cs+].[OH-]. The summed E-state index contributed by atoms with van der Waals surface area (Å²) in [6.45, 7) is 2.42. The average molecular weight is 599 g/mol. The van der Waals surface area contributed by atoms with Crippen LogP contribution in [0.2, 0.25) is 16.1 Å². The third kappa shape index (κ3) is 21.3. The molecular formula is C15H21AsCsF6N2O3-. The summed E-state index contributed by atoms with van der Waals surface area (Å²) in [7, 11) is 0. The quantitative estimate of drug-likeness (QED) is 0.210. The Morgan fingerprint density at radius 3 is 2.32 bits per heavy atom. The zero-order valence-corrected chi connectivity index (χ0v) is 23.6. The number of alkyl halides is 6. The van der Waals surface area contributed by atoms with Crippen LogP contribution in [0.5, 0.6) is 5.88 Å². The van der Waals surface area contributed by atoms with E-state index >= 15 is 0 Å². The largest absolute Gasteiger partial charge is 1.00 e. The molecule has 5 nitrogen and oxygen atoms in total. The molecule has 0 aliphatic rings. The van der Waals surface area contributed by atoms with E-state index in [9.17, 15) is 31.1 Å². The van der Waals surface area contributed by atoms with Gasteiger partial charge in [-0.15, -0.1) is 0 Å². The number of carbonyl (C=O) groups excluding carboxylic acids is 1. The second-order valence-corrected chi connectivity index (χ2v) is 10.5. The van der Waals surface area contributed by atoms with E-state index in [0.29, 0.717) is 17.2 Å². The molecule has 0 fully saturated rings. The molecule has 0 spiro atoms. The van der Waals surface area contributed by atoms with Gasteiger partial charge in [-0.2, -0.15) is 13.2 Å². The second-order valence-electron chi connectivity index (χ2n) is 5.07. The fourth-order valence-electron chi connectivity index (χ4n) is 1.38. The van der Waals surface area contributed by atoms with Gasteiger partial charge in [0.15, 0.2) is 6.61 Å². The van der Waals surface area contributed by atoms with Crippen molar-refractivity contribution in [3.05, 3.63) is 30.8 Å². The van der Waals surface area contributed by atoms with Crippen molar-refractivity contribution in [2.75, 3.05) is 6.61 Å². The molecule has 0 aliphatic carbocycles. The molecule has 1 unspecified atom stereocenters. The van der Waals surface area contributed by atoms with E-state index in [1.54, 1.807) is 6.07 Å². The molecular weight excluding hydrogens is 578 g/mol. The van der Waals surface area contributed by atoms with E-state index in [2.05, 4.69) is 22.0 Å². The van der Waals surface area contributed by atoms with Crippen LogP contribution in [0.25, 0.3) is 0 Å². The van der Waals surface area contributed by atoms with Crippen molar-refractivity contribution in [1.29, 1.82) is 0 Å². The number of carbonyl (C=O) groups is 1. The molecule has 1 atom stereocenters. The van der Waals surface area contributed by atoms with Crippen molar-refractivity contribution >= 4 is 21.1 Å². The number of nitrogens with zero attached hydrogens (tertiary/aromatic N) is 1. The first-order chi connectivity index (χ1) is 12.0. The Kier molecular flexibility index (Phi) is 20.5. The summed E-state index contributed by atoms with van der Waals surface area (Å²) in [5, 5.41) is 3.45. The van der Waals surface area contributed by atoms with Crippen LogP contribution in [0.15, 0.2) is 18.3 Å². The topological polar surface area (TPSA) is 81.2 Å². The van der Waals surface area contributed by atoms with Crippen LogP contribution in [-0.4, -0.2) is 50.5 Å². The maximum absolute atomic E-state index is 11.8. The Labute approximate surface area is 223 Å². The minimum absolute atomic E-state index is 0. The van der Waals surface area contributed by atoms with Crippen molar-refractivity contribution in [2.45, 2.75) is 41.4 Å². The van der Waals surface area contributed by atoms with Crippen LogP contribution in [0.1, 0.15) is 12.0 Å². The Balaban J connectivity index is -0.000000458. The van der Waals surface area contributed by atoms with Gasteiger partial charge in [-0.25, -0.2) is 4.98 Å². The first kappa shape index (κ1) is 33.2. The normalized spacial score (nSPS) is 11.7. The number of pyridine rings is 1. The first-order valence-corrected chi connectivity index (χ1v) is 11.9. The van der Waals surface area contributed by atoms with Gasteiger partial charge in [0.25, 0.3) is 0 Å². The van der Waals surface area contributed by atoms with Gasteiger partial charge in [-0.3, -0.25) is 4.79 Å². The number of nitrogens with one attached hydrogen (secondary N) is 1. The first-order valence-electron chi connectivity index (χ1n) is 7.33. The maximum Gasteiger partial charge on any atom is 1.00 e. The van der Waals surface area contributed by atoms with E-state index in [0.717, 1.165) is 5.21 Å². The third-order valence-electron chi connectivity index (χ3n) is 2.73. The molecule has 13 heteroatoms. The van der Waals surface area contributed by atoms with Gasteiger partial charge in [0, 0.05) is 18.8 Å². The minimum Gasteiger partial charge on any atom is -0.870 e. The van der Waals surface area contributed by atoms with Gasteiger partial charge in [0.2, 0.25) is 12.3 Å². The van der Waals surface area contributed by atoms with Gasteiger partial charge in [0.05, 0.1) is 0 Å². The molecule has 0 saturated heterocycles. The smallest absolute Gasteiger partial charge is 0.870 e. The summed E-state index contributed by atoms with van der Waals surface area (Å²) >= 11 is -1.17. The van der Waals surface area contributed by atoms with Crippen LogP contribution >= 0.6 is 0 Å². The number of aromatic nitrogens is 1. The molecule has 0 bridgehead atoms. The Bertz CT molecular complexity index is 535. The summed E-state index contributed by atoms with van der Waals surface area (Å²) in [5.41, 5.74) is 2.53. The predicted octanol–water partition coefficient (Wildman–Crippen LogP) is 0.993. The van der Waals surface area contributed by atoms with Crippen LogP contribution in [0.4, 0.5) is 26.3 Å². The summed E-state index contributed by atoms with van der Waals surface area (Å²) in [6, 6.07) is 2.90. The summed E-state index contributed by atoms with van der Waals surface area (Å²) < 4.78 is 74.6. The van der Waals surface area contributed by atoms with Crippen LogP contribution in [0.3, 0.4) is 0 Å². The number of halogens is 6. The number of rotatable bonds is 8. The van der Waals surface area contributed by atoms with Crippen molar-refractivity contribution in [3.8, 4) is 5.88 Å². The number of ether oxygens (including phenoxy) is 1. The van der Waals surface area contributed by atoms with Gasteiger partial charge in [-0.1, -0.05) is 0 Å². The second kappa shape index (κ2) is 17.3. The minimum atomic E-state index is -4.39. The van der Waals surface area contributed by atoms with E-state index in [1.807, 2.05) is 5.71 Å². The van der Waals surface area contributed by atoms with Gasteiger partial charge >= 0.3 is 139 Å². The van der Waals surface area contributed by atoms with E-state index < -0.39 is 40.0 Å². The number of hydrogen-bond acceptors (Lipinski definition) is 4. The molecule has 0 aliphatic heterocycles. The fourth-order valence-corrected chi connectivity index (χ4v) is 3.19. The molecule has 0 saturated carbocycles. The fraction of sp³-hybridized carbons (Fsp3) is 0.533. The Morgan fingerprint density at radius 1 is 1.25 bits per heavy atom. The zero-order valence-electron chi connectivity index (χ0n) is 15.5. The van der Waals surface area contributed by atoms with E-state index in [1.165, 1.54) is 12.3 Å². The monoisotopic (exact) mass is 599 g/mol. The maximum atomic E-state index is 11.8. The molecule has 1 aromatic rings. The van der Waals surface area contributed by atoms with Gasteiger partial charge in [0.1, 0.15) is 0 Å². The van der Waals surface area contributed by atoms with Gasteiger partial charge < -0.3 is 15.5 Å². The van der Waals surface area contributed by atoms with Crippen LogP contribution in [-0.2, 0) is 11.3 Å². The van der Waals surface area contributed by atoms with Crippen LogP contribution < -0.4 is 78.9 Å². The molecule has 28 heavy (non-hydrogen) atoms. The standard InChI is InChI=1S/C9H9F3N2O2.C6H11AsF3.Cs.H2O/c10-9(11,12)5-16-8-3-7(1-2-14-8)4-13-6-15;1-3-7(2)5-4-6(8,9)10;;/h1-3,6H,4-5H2,(H,13,15);1,3-5H2,2H3;;1H2/q;-1;+1;/p-1. The average Bonchev–Trinajstić information content (AvgIpc) is 2.55. The molecule has 1 heterocycles. The molecule has 1 amide bonds. The molecule has 158 valence electrons. The number of amides is 1. The van der Waals surface area contributed by atoms with E-state index in [4.69, 9.17) is 0 Å². The molecule has 0 aromatic carbocycles. The van der Waals surface area contributed by atoms with Crippen LogP contribution in [0, 0.1) is 6.92 Å². The Morgan fingerprint density at radius 2 is 1.86 bits per heavy atom. The van der Waals surface area contributed by atoms with Gasteiger partial charge in [-0.05, 0) is 11.6 Å². The molecule has 2 N–H and O–H groups in total. The Hall–Kier alpha value is 0.570. The summed E-state index contributed by atoms with van der Waals surface area (Å²) in [6.07, 6.45) is -7.15. The zero-order chi connectivity index (χ0) is 20.2. The molecule has 1 aromatic heterocycles. The van der Waals surface area contributed by atoms with Crippen molar-refractivity contribution in [1.82, 2.24) is 10.3 Å². The van der Waals surface area contributed by atoms with E-state index in [-0.39, 0.29) is 86.8 Å². The predicted molar refractivity (Wildman–Crippen MR) is 87.9 cm³/mol. The third-order valence-corrected chi connectivity index (χ3v) is 6.40. The van der Waals surface area contributed by atoms with Crippen molar-refractivity contribution in [2.24, 2.45) is 0 Å². The van der Waals surface area contributed by atoms with Crippen molar-refractivity contribution < 1.29 is 110 Å². The molecule has 1 rings (SSSR count). The summed E-state index contributed by atoms with van der Waals surface area (Å²) in [5.74, 6) is -0.123.